The fourth-order valence-corrected chi connectivity index (χ4v) is 4.97. The third-order valence-corrected chi connectivity index (χ3v) is 7.60. The molecule has 0 bridgehead atoms. The number of benzene rings is 1. The molecule has 3 atom stereocenters. The molecule has 28 heavy (non-hydrogen) atoms. The second-order valence-corrected chi connectivity index (χ2v) is 10.4. The number of hydrogen-bond donors (Lipinski definition) is 1. The molecule has 0 radical (unpaired) electrons. The summed E-state index contributed by atoms with van der Waals surface area (Å²) < 4.78 is 11.7. The Morgan fingerprint density at radius 3 is 1.71 bits per heavy atom. The third kappa shape index (κ3) is 11.6. The summed E-state index contributed by atoms with van der Waals surface area (Å²) in [6.07, 6.45) is 16.9. The van der Waals surface area contributed by atoms with Gasteiger partial charge in [-0.3, -0.25) is 4.21 Å². The molecule has 0 amide bonds. The van der Waals surface area contributed by atoms with Gasteiger partial charge in [-0.25, -0.2) is 0 Å². The van der Waals surface area contributed by atoms with Crippen LogP contribution < -0.4 is 0 Å². The topological polar surface area (TPSA) is 37.3 Å². The second-order valence-electron chi connectivity index (χ2n) is 8.06. The van der Waals surface area contributed by atoms with Crippen LogP contribution in [-0.4, -0.2) is 20.1 Å². The first-order chi connectivity index (χ1) is 13.6. The van der Waals surface area contributed by atoms with Crippen molar-refractivity contribution >= 4 is 22.4 Å². The van der Waals surface area contributed by atoms with Crippen LogP contribution in [-0.2, 0) is 10.8 Å². The molecule has 0 aromatic heterocycles. The minimum atomic E-state index is -1.37. The molecule has 0 saturated heterocycles. The van der Waals surface area contributed by atoms with E-state index in [1.807, 2.05) is 31.2 Å². The standard InChI is InChI=1S/C24H41ClO2S/c1-3-4-5-6-7-8-9-10-11-12-13-14-15-16-23(26)24(25)28(27)22-19-17-21(2)18-20-22/h17-20,23-24,26H,3-16H2,1-2H3. The van der Waals surface area contributed by atoms with Gasteiger partial charge in [0.1, 0.15) is 4.71 Å². The first-order valence-corrected chi connectivity index (χ1v) is 13.0. The van der Waals surface area contributed by atoms with Crippen LogP contribution in [0.25, 0.3) is 0 Å². The fourth-order valence-electron chi connectivity index (χ4n) is 3.45. The molecular formula is C24H41ClO2S. The molecule has 4 heteroatoms. The summed E-state index contributed by atoms with van der Waals surface area (Å²) >= 11 is 6.26. The van der Waals surface area contributed by atoms with E-state index in [9.17, 15) is 9.32 Å². The van der Waals surface area contributed by atoms with Crippen LogP contribution in [0.1, 0.15) is 102 Å². The van der Waals surface area contributed by atoms with E-state index in [1.165, 1.54) is 70.6 Å². The molecule has 0 spiro atoms. The third-order valence-electron chi connectivity index (χ3n) is 5.36. The van der Waals surface area contributed by atoms with Gasteiger partial charge < -0.3 is 5.11 Å². The molecule has 0 aliphatic rings. The lowest BCUT2D eigenvalue weighted by Crippen LogP contribution is -2.25. The van der Waals surface area contributed by atoms with Gasteiger partial charge in [-0.2, -0.15) is 0 Å². The van der Waals surface area contributed by atoms with Crippen molar-refractivity contribution in [2.75, 3.05) is 0 Å². The smallest absolute Gasteiger partial charge is 0.139 e. The van der Waals surface area contributed by atoms with E-state index < -0.39 is 21.6 Å². The Hall–Kier alpha value is -0.380. The van der Waals surface area contributed by atoms with Gasteiger partial charge in [0.15, 0.2) is 0 Å². The van der Waals surface area contributed by atoms with Gasteiger partial charge in [0.25, 0.3) is 0 Å². The average molecular weight is 429 g/mol. The van der Waals surface area contributed by atoms with Crippen LogP contribution in [0.2, 0.25) is 0 Å². The van der Waals surface area contributed by atoms with Gasteiger partial charge >= 0.3 is 0 Å². The minimum absolute atomic E-state index is 0.629. The Morgan fingerprint density at radius 2 is 1.25 bits per heavy atom. The first-order valence-electron chi connectivity index (χ1n) is 11.4. The molecule has 3 unspecified atom stereocenters. The highest BCUT2D eigenvalue weighted by Crippen LogP contribution is 2.21. The van der Waals surface area contributed by atoms with Crippen LogP contribution in [0, 0.1) is 6.92 Å². The van der Waals surface area contributed by atoms with Crippen molar-refractivity contribution in [2.45, 2.75) is 119 Å². The van der Waals surface area contributed by atoms with Crippen LogP contribution in [0.3, 0.4) is 0 Å². The van der Waals surface area contributed by atoms with Crippen molar-refractivity contribution in [1.29, 1.82) is 0 Å². The van der Waals surface area contributed by atoms with Gasteiger partial charge in [0.2, 0.25) is 0 Å². The molecule has 0 aliphatic heterocycles. The molecule has 1 rings (SSSR count). The van der Waals surface area contributed by atoms with E-state index in [0.29, 0.717) is 11.3 Å². The van der Waals surface area contributed by atoms with Crippen LogP contribution >= 0.6 is 11.6 Å². The largest absolute Gasteiger partial charge is 0.391 e. The predicted octanol–water partition coefficient (Wildman–Crippen LogP) is 7.51. The number of unbranched alkanes of at least 4 members (excludes halogenated alkanes) is 12. The maximum absolute atomic E-state index is 12.5. The Kier molecular flexibility index (Phi) is 15.0. The maximum atomic E-state index is 12.5. The van der Waals surface area contributed by atoms with E-state index in [1.54, 1.807) is 0 Å². The number of alkyl halides is 1. The average Bonchev–Trinajstić information content (AvgIpc) is 2.70. The molecular weight excluding hydrogens is 388 g/mol. The number of aliphatic hydroxyl groups excluding tert-OH is 1. The highest BCUT2D eigenvalue weighted by molar-refractivity contribution is 7.87. The van der Waals surface area contributed by atoms with Crippen molar-refractivity contribution in [2.24, 2.45) is 0 Å². The number of aryl methyl sites for hydroxylation is 1. The Balaban J connectivity index is 2.00. The Labute approximate surface area is 180 Å². The lowest BCUT2D eigenvalue weighted by molar-refractivity contribution is 0.174. The van der Waals surface area contributed by atoms with E-state index in [2.05, 4.69) is 6.92 Å². The fraction of sp³-hybridized carbons (Fsp3) is 0.750. The van der Waals surface area contributed by atoms with Gasteiger partial charge in [0, 0.05) is 4.90 Å². The number of hydrogen-bond acceptors (Lipinski definition) is 2. The minimum Gasteiger partial charge on any atom is -0.391 e. The molecule has 0 saturated carbocycles. The quantitative estimate of drug-likeness (QED) is 0.206. The summed E-state index contributed by atoms with van der Waals surface area (Å²) in [7, 11) is -1.37. The number of rotatable bonds is 17. The molecule has 162 valence electrons. The normalized spacial score (nSPS) is 14.7. The molecule has 1 N–H and O–H groups in total. The summed E-state index contributed by atoms with van der Waals surface area (Å²) in [5.41, 5.74) is 1.12. The van der Waals surface area contributed by atoms with E-state index in [-0.39, 0.29) is 0 Å². The van der Waals surface area contributed by atoms with Gasteiger partial charge in [0.05, 0.1) is 16.9 Å². The summed E-state index contributed by atoms with van der Waals surface area (Å²) in [5.74, 6) is 0. The lowest BCUT2D eigenvalue weighted by atomic mass is 10.0. The maximum Gasteiger partial charge on any atom is 0.139 e. The van der Waals surface area contributed by atoms with E-state index in [4.69, 9.17) is 11.6 Å². The van der Waals surface area contributed by atoms with Crippen LogP contribution in [0.5, 0.6) is 0 Å². The van der Waals surface area contributed by atoms with E-state index in [0.717, 1.165) is 18.4 Å². The number of halogens is 1. The van der Waals surface area contributed by atoms with Crippen molar-refractivity contribution in [1.82, 2.24) is 0 Å². The molecule has 2 nitrogen and oxygen atoms in total. The second kappa shape index (κ2) is 16.4. The highest BCUT2D eigenvalue weighted by atomic mass is 35.5. The van der Waals surface area contributed by atoms with Gasteiger partial charge in [-0.15, -0.1) is 11.6 Å². The lowest BCUT2D eigenvalue weighted by Gasteiger charge is -2.16. The summed E-state index contributed by atoms with van der Waals surface area (Å²) in [5, 5.41) is 10.3. The van der Waals surface area contributed by atoms with Crippen molar-refractivity contribution in [3.63, 3.8) is 0 Å². The molecule has 1 aromatic carbocycles. The van der Waals surface area contributed by atoms with Crippen molar-refractivity contribution < 1.29 is 9.32 Å². The Bertz CT molecular complexity index is 518. The monoisotopic (exact) mass is 428 g/mol. The predicted molar refractivity (Wildman–Crippen MR) is 124 cm³/mol. The zero-order valence-corrected chi connectivity index (χ0v) is 19.6. The first kappa shape index (κ1) is 25.7. The van der Waals surface area contributed by atoms with Crippen molar-refractivity contribution in [3.8, 4) is 0 Å². The van der Waals surface area contributed by atoms with Gasteiger partial charge in [-0.05, 0) is 25.5 Å². The van der Waals surface area contributed by atoms with Gasteiger partial charge in [-0.1, -0.05) is 108 Å². The summed E-state index contributed by atoms with van der Waals surface area (Å²) in [6.45, 7) is 4.26. The molecule has 0 fully saturated rings. The summed E-state index contributed by atoms with van der Waals surface area (Å²) in [4.78, 5) is 0.690. The zero-order chi connectivity index (χ0) is 20.6. The number of aliphatic hydroxyl groups is 1. The highest BCUT2D eigenvalue weighted by Gasteiger charge is 2.23. The summed E-state index contributed by atoms with van der Waals surface area (Å²) in [6, 6.07) is 7.52. The SMILES string of the molecule is CCCCCCCCCCCCCCCC(O)C(Cl)S(=O)c1ccc(C)cc1. The zero-order valence-electron chi connectivity index (χ0n) is 18.0. The molecule has 1 aromatic rings. The van der Waals surface area contributed by atoms with Crippen LogP contribution in [0.15, 0.2) is 29.2 Å². The van der Waals surface area contributed by atoms with Crippen LogP contribution in [0.4, 0.5) is 0 Å². The molecule has 0 aliphatic carbocycles. The Morgan fingerprint density at radius 1 is 0.821 bits per heavy atom. The van der Waals surface area contributed by atoms with Crippen molar-refractivity contribution in [3.05, 3.63) is 29.8 Å². The van der Waals surface area contributed by atoms with E-state index >= 15 is 0 Å². The molecule has 0 heterocycles.